The minimum Gasteiger partial charge on any atom is -0.312 e. The maximum Gasteiger partial charge on any atom is 0.294 e. The summed E-state index contributed by atoms with van der Waals surface area (Å²) < 4.78 is 45.2. The molecule has 1 aromatic heterocycles. The summed E-state index contributed by atoms with van der Waals surface area (Å²) in [5.74, 6) is -0.209. The Morgan fingerprint density at radius 2 is 1.82 bits per heavy atom. The Labute approximate surface area is 163 Å². The zero-order valence-corrected chi connectivity index (χ0v) is 16.5. The second-order valence-electron chi connectivity index (χ2n) is 6.59. The third kappa shape index (κ3) is 4.46. The Morgan fingerprint density at radius 1 is 1.14 bits per heavy atom. The molecule has 0 bridgehead atoms. The average Bonchev–Trinajstić information content (AvgIpc) is 2.99. The van der Waals surface area contributed by atoms with E-state index in [2.05, 4.69) is 10.4 Å². The van der Waals surface area contributed by atoms with Gasteiger partial charge in [0.25, 0.3) is 10.1 Å². The first-order valence-corrected chi connectivity index (χ1v) is 10.3. The second kappa shape index (κ2) is 8.22. The standard InChI is InChI=1S/C13H14FN3.C7H8O3S/c1-17-12-6-7-15-8-10(12)13(16-17)9-4-2-3-5-11(9)14;1-6-2-4-7(5-3-6)11(8,9)10/h2-5,15H,6-8H2,1H3;2-5H,1H3,(H,8,9,10). The predicted molar refractivity (Wildman–Crippen MR) is 105 cm³/mol. The van der Waals surface area contributed by atoms with Crippen LogP contribution in [0.25, 0.3) is 11.3 Å². The minimum atomic E-state index is -4.02. The first kappa shape index (κ1) is 20.2. The molecule has 1 aliphatic rings. The van der Waals surface area contributed by atoms with Crippen LogP contribution in [0.2, 0.25) is 0 Å². The van der Waals surface area contributed by atoms with Crippen molar-refractivity contribution in [1.82, 2.24) is 15.1 Å². The summed E-state index contributed by atoms with van der Waals surface area (Å²) in [7, 11) is -2.09. The molecule has 148 valence electrons. The lowest BCUT2D eigenvalue weighted by molar-refractivity contribution is 0.483. The van der Waals surface area contributed by atoms with Gasteiger partial charge in [0.15, 0.2) is 0 Å². The number of hydrogen-bond acceptors (Lipinski definition) is 4. The van der Waals surface area contributed by atoms with Crippen molar-refractivity contribution in [3.8, 4) is 11.3 Å². The Hall–Kier alpha value is -2.55. The summed E-state index contributed by atoms with van der Waals surface area (Å²) in [4.78, 5) is -0.0666. The van der Waals surface area contributed by atoms with E-state index in [-0.39, 0.29) is 10.7 Å². The van der Waals surface area contributed by atoms with E-state index in [1.165, 1.54) is 23.9 Å². The van der Waals surface area contributed by atoms with Gasteiger partial charge >= 0.3 is 0 Å². The Kier molecular flexibility index (Phi) is 5.93. The van der Waals surface area contributed by atoms with Gasteiger partial charge in [-0.3, -0.25) is 9.23 Å². The zero-order chi connectivity index (χ0) is 20.3. The lowest BCUT2D eigenvalue weighted by atomic mass is 10.0. The molecule has 4 rings (SSSR count). The van der Waals surface area contributed by atoms with Gasteiger partial charge in [0.1, 0.15) is 5.82 Å². The van der Waals surface area contributed by atoms with Gasteiger partial charge < -0.3 is 5.32 Å². The molecular weight excluding hydrogens is 381 g/mol. The summed E-state index contributed by atoms with van der Waals surface area (Å²) in [5.41, 5.74) is 4.66. The van der Waals surface area contributed by atoms with E-state index in [0.717, 1.165) is 36.3 Å². The SMILES string of the molecule is Cc1ccc(S(=O)(=O)O)cc1.Cn1nc(-c2ccccc2F)c2c1CCNC2. The number of nitrogens with one attached hydrogen (secondary N) is 1. The number of fused-ring (bicyclic) bond motifs is 1. The molecular formula is C20H22FN3O3S. The molecule has 2 aromatic carbocycles. The fraction of sp³-hybridized carbons (Fsp3) is 0.250. The third-order valence-electron chi connectivity index (χ3n) is 4.56. The summed E-state index contributed by atoms with van der Waals surface area (Å²) in [6.07, 6.45) is 0.952. The lowest BCUT2D eigenvalue weighted by Crippen LogP contribution is -2.24. The molecule has 0 saturated heterocycles. The van der Waals surface area contributed by atoms with Crippen LogP contribution in [-0.2, 0) is 30.1 Å². The van der Waals surface area contributed by atoms with Gasteiger partial charge in [0.05, 0.1) is 10.6 Å². The molecule has 0 saturated carbocycles. The maximum atomic E-state index is 13.8. The van der Waals surface area contributed by atoms with Crippen LogP contribution in [0, 0.1) is 12.7 Å². The Bertz CT molecular complexity index is 1080. The first-order chi connectivity index (χ1) is 13.3. The van der Waals surface area contributed by atoms with Gasteiger partial charge in [-0.25, -0.2) is 4.39 Å². The highest BCUT2D eigenvalue weighted by Crippen LogP contribution is 2.28. The van der Waals surface area contributed by atoms with Crippen LogP contribution in [0.15, 0.2) is 53.4 Å². The molecule has 28 heavy (non-hydrogen) atoms. The van der Waals surface area contributed by atoms with Crippen molar-refractivity contribution >= 4 is 10.1 Å². The molecule has 6 nitrogen and oxygen atoms in total. The van der Waals surface area contributed by atoms with Gasteiger partial charge in [0.2, 0.25) is 0 Å². The van der Waals surface area contributed by atoms with Crippen molar-refractivity contribution in [3.05, 3.63) is 71.2 Å². The number of hydrogen-bond donors (Lipinski definition) is 2. The zero-order valence-electron chi connectivity index (χ0n) is 15.7. The molecule has 0 spiro atoms. The van der Waals surface area contributed by atoms with Gasteiger partial charge in [-0.15, -0.1) is 0 Å². The number of aryl methyl sites for hydroxylation is 2. The van der Waals surface area contributed by atoms with Gasteiger partial charge in [0, 0.05) is 43.4 Å². The topological polar surface area (TPSA) is 84.2 Å². The fourth-order valence-electron chi connectivity index (χ4n) is 3.10. The quantitative estimate of drug-likeness (QED) is 0.643. The largest absolute Gasteiger partial charge is 0.312 e. The smallest absolute Gasteiger partial charge is 0.294 e. The van der Waals surface area contributed by atoms with Gasteiger partial charge in [-0.2, -0.15) is 13.5 Å². The van der Waals surface area contributed by atoms with E-state index in [1.807, 2.05) is 24.7 Å². The molecule has 1 aliphatic heterocycles. The molecule has 0 fully saturated rings. The van der Waals surface area contributed by atoms with Crippen LogP contribution in [0.4, 0.5) is 4.39 Å². The van der Waals surface area contributed by atoms with Crippen molar-refractivity contribution in [2.75, 3.05) is 6.54 Å². The van der Waals surface area contributed by atoms with Crippen LogP contribution in [0.5, 0.6) is 0 Å². The molecule has 0 aliphatic carbocycles. The summed E-state index contributed by atoms with van der Waals surface area (Å²) in [6.45, 7) is 3.57. The molecule has 2 N–H and O–H groups in total. The van der Waals surface area contributed by atoms with E-state index < -0.39 is 10.1 Å². The molecule has 2 heterocycles. The highest BCUT2D eigenvalue weighted by Gasteiger charge is 2.21. The number of benzene rings is 2. The second-order valence-corrected chi connectivity index (χ2v) is 8.01. The number of halogens is 1. The number of aromatic nitrogens is 2. The fourth-order valence-corrected chi connectivity index (χ4v) is 3.58. The number of rotatable bonds is 2. The lowest BCUT2D eigenvalue weighted by Gasteiger charge is -2.14. The van der Waals surface area contributed by atoms with Crippen molar-refractivity contribution in [3.63, 3.8) is 0 Å². The summed E-state index contributed by atoms with van der Waals surface area (Å²) in [5, 5.41) is 7.77. The number of nitrogens with zero attached hydrogens (tertiary/aromatic N) is 2. The van der Waals surface area contributed by atoms with Crippen LogP contribution in [0.3, 0.4) is 0 Å². The van der Waals surface area contributed by atoms with E-state index in [9.17, 15) is 12.8 Å². The highest BCUT2D eigenvalue weighted by molar-refractivity contribution is 7.85. The van der Waals surface area contributed by atoms with Crippen molar-refractivity contribution in [2.45, 2.75) is 24.8 Å². The molecule has 0 atom stereocenters. The van der Waals surface area contributed by atoms with Crippen LogP contribution < -0.4 is 5.32 Å². The van der Waals surface area contributed by atoms with E-state index in [0.29, 0.717) is 5.56 Å². The maximum absolute atomic E-state index is 13.8. The third-order valence-corrected chi connectivity index (χ3v) is 5.43. The van der Waals surface area contributed by atoms with Gasteiger partial charge in [-0.1, -0.05) is 29.8 Å². The molecule has 0 amide bonds. The summed E-state index contributed by atoms with van der Waals surface area (Å²) in [6, 6.07) is 12.8. The summed E-state index contributed by atoms with van der Waals surface area (Å²) >= 11 is 0. The normalized spacial score (nSPS) is 13.4. The molecule has 8 heteroatoms. The van der Waals surface area contributed by atoms with Crippen molar-refractivity contribution in [1.29, 1.82) is 0 Å². The Balaban J connectivity index is 0.000000178. The van der Waals surface area contributed by atoms with Crippen molar-refractivity contribution < 1.29 is 17.4 Å². The van der Waals surface area contributed by atoms with Crippen LogP contribution >= 0.6 is 0 Å². The van der Waals surface area contributed by atoms with E-state index >= 15 is 0 Å². The van der Waals surface area contributed by atoms with E-state index in [1.54, 1.807) is 24.3 Å². The average molecular weight is 403 g/mol. The molecule has 3 aromatic rings. The van der Waals surface area contributed by atoms with Gasteiger partial charge in [-0.05, 0) is 31.2 Å². The minimum absolute atomic E-state index is 0.0666. The van der Waals surface area contributed by atoms with Crippen LogP contribution in [0.1, 0.15) is 16.8 Å². The van der Waals surface area contributed by atoms with Crippen LogP contribution in [-0.4, -0.2) is 29.3 Å². The Morgan fingerprint density at radius 3 is 2.46 bits per heavy atom. The molecule has 0 radical (unpaired) electrons. The molecule has 0 unspecified atom stereocenters. The van der Waals surface area contributed by atoms with Crippen molar-refractivity contribution in [2.24, 2.45) is 7.05 Å². The van der Waals surface area contributed by atoms with E-state index in [4.69, 9.17) is 4.55 Å². The monoisotopic (exact) mass is 403 g/mol. The highest BCUT2D eigenvalue weighted by atomic mass is 32.2. The predicted octanol–water partition coefficient (Wildman–Crippen LogP) is 3.11. The first-order valence-electron chi connectivity index (χ1n) is 8.82.